The van der Waals surface area contributed by atoms with Gasteiger partial charge >= 0.3 is 5.97 Å². The lowest BCUT2D eigenvalue weighted by molar-refractivity contribution is -0.384. The minimum atomic E-state index is -0.797. The van der Waals surface area contributed by atoms with Gasteiger partial charge in [0.15, 0.2) is 24.2 Å². The molecule has 11 heteroatoms. The van der Waals surface area contributed by atoms with Crippen molar-refractivity contribution >= 4 is 23.1 Å². The predicted octanol–water partition coefficient (Wildman–Crippen LogP) is 3.73. The Labute approximate surface area is 225 Å². The SMILES string of the molecule is Cc1cc(C(=O)COC(=O)c2cc([N+](=O)[O-])ccc2N2CCOCC2)c(C)n1C[C@@H]1COc2ccccc2O1. The lowest BCUT2D eigenvalue weighted by Crippen LogP contribution is -2.37. The highest BCUT2D eigenvalue weighted by Gasteiger charge is 2.26. The molecule has 0 amide bonds. The van der Waals surface area contributed by atoms with Crippen LogP contribution in [0.15, 0.2) is 48.5 Å². The molecule has 2 aliphatic heterocycles. The topological polar surface area (TPSA) is 122 Å². The summed E-state index contributed by atoms with van der Waals surface area (Å²) < 4.78 is 24.6. The number of nitro benzene ring substituents is 1. The van der Waals surface area contributed by atoms with Gasteiger partial charge in [-0.05, 0) is 38.1 Å². The van der Waals surface area contributed by atoms with Crippen molar-refractivity contribution in [3.8, 4) is 11.5 Å². The van der Waals surface area contributed by atoms with Crippen molar-refractivity contribution in [3.63, 3.8) is 0 Å². The Hall–Kier alpha value is -4.38. The van der Waals surface area contributed by atoms with Crippen LogP contribution in [0.5, 0.6) is 11.5 Å². The second kappa shape index (κ2) is 11.2. The van der Waals surface area contributed by atoms with Gasteiger partial charge in [0.2, 0.25) is 5.78 Å². The average molecular weight is 536 g/mol. The monoisotopic (exact) mass is 535 g/mol. The van der Waals surface area contributed by atoms with Crippen molar-refractivity contribution in [1.29, 1.82) is 0 Å². The van der Waals surface area contributed by atoms with E-state index in [1.54, 1.807) is 6.07 Å². The fourth-order valence-electron chi connectivity index (χ4n) is 4.89. The molecular weight excluding hydrogens is 506 g/mol. The van der Waals surface area contributed by atoms with Crippen LogP contribution in [0.2, 0.25) is 0 Å². The van der Waals surface area contributed by atoms with Crippen molar-refractivity contribution in [3.05, 3.63) is 81.2 Å². The standard InChI is InChI=1S/C28H29N3O8/c1-18-13-22(19(2)30(18)15-21-16-37-26-5-3-4-6-27(26)39-21)25(32)17-38-28(33)23-14-20(31(34)35)7-8-24(23)29-9-11-36-12-10-29/h3-8,13-14,21H,9-12,15-17H2,1-2H3/t21-/m1/s1. The molecule has 5 rings (SSSR count). The summed E-state index contributed by atoms with van der Waals surface area (Å²) in [6.07, 6.45) is -0.238. The number of non-ortho nitro benzene ring substituents is 1. The zero-order valence-corrected chi connectivity index (χ0v) is 21.8. The molecule has 0 bridgehead atoms. The number of hydrogen-bond donors (Lipinski definition) is 0. The van der Waals surface area contributed by atoms with E-state index < -0.39 is 17.5 Å². The largest absolute Gasteiger partial charge is 0.486 e. The normalized spacial score (nSPS) is 16.6. The van der Waals surface area contributed by atoms with Crippen molar-refractivity contribution in [2.24, 2.45) is 0 Å². The summed E-state index contributed by atoms with van der Waals surface area (Å²) in [5.41, 5.74) is 2.34. The number of hydrogen-bond acceptors (Lipinski definition) is 9. The Morgan fingerprint density at radius 2 is 1.79 bits per heavy atom. The molecule has 1 atom stereocenters. The molecule has 2 aromatic carbocycles. The number of rotatable bonds is 8. The number of ether oxygens (including phenoxy) is 4. The molecule has 3 aromatic rings. The first kappa shape index (κ1) is 26.2. The maximum atomic E-state index is 13.1. The van der Waals surface area contributed by atoms with Gasteiger partial charge in [-0.15, -0.1) is 0 Å². The summed E-state index contributed by atoms with van der Waals surface area (Å²) in [6.45, 7) is 6.11. The minimum Gasteiger partial charge on any atom is -0.486 e. The third kappa shape index (κ3) is 5.58. The van der Waals surface area contributed by atoms with Crippen LogP contribution < -0.4 is 14.4 Å². The maximum absolute atomic E-state index is 13.1. The number of ketones is 1. The van der Waals surface area contributed by atoms with Gasteiger partial charge in [-0.25, -0.2) is 4.79 Å². The molecule has 2 aliphatic rings. The first-order valence-corrected chi connectivity index (χ1v) is 12.7. The average Bonchev–Trinajstić information content (AvgIpc) is 3.24. The number of esters is 1. The number of carbonyl (C=O) groups is 2. The third-order valence-electron chi connectivity index (χ3n) is 6.92. The highest BCUT2D eigenvalue weighted by Crippen LogP contribution is 2.32. The molecule has 1 fully saturated rings. The lowest BCUT2D eigenvalue weighted by Gasteiger charge is -2.30. The third-order valence-corrected chi connectivity index (χ3v) is 6.92. The summed E-state index contributed by atoms with van der Waals surface area (Å²) in [4.78, 5) is 38.8. The van der Waals surface area contributed by atoms with E-state index in [0.29, 0.717) is 62.2 Å². The van der Waals surface area contributed by atoms with Crippen LogP contribution in [0, 0.1) is 24.0 Å². The van der Waals surface area contributed by atoms with Crippen LogP contribution in [0.4, 0.5) is 11.4 Å². The maximum Gasteiger partial charge on any atom is 0.340 e. The summed E-state index contributed by atoms with van der Waals surface area (Å²) in [6, 6.07) is 13.3. The van der Waals surface area contributed by atoms with E-state index in [1.807, 2.05) is 47.6 Å². The Morgan fingerprint density at radius 3 is 2.54 bits per heavy atom. The second-order valence-corrected chi connectivity index (χ2v) is 9.45. The second-order valence-electron chi connectivity index (χ2n) is 9.45. The van der Waals surface area contributed by atoms with Crippen LogP contribution in [0.3, 0.4) is 0 Å². The van der Waals surface area contributed by atoms with Crippen LogP contribution in [0.1, 0.15) is 32.1 Å². The Kier molecular flexibility index (Phi) is 7.51. The Balaban J connectivity index is 1.28. The minimum absolute atomic E-state index is 0.0408. The van der Waals surface area contributed by atoms with Gasteiger partial charge in [0, 0.05) is 42.2 Å². The molecule has 3 heterocycles. The van der Waals surface area contributed by atoms with E-state index in [2.05, 4.69) is 0 Å². The quantitative estimate of drug-likeness (QED) is 0.184. The first-order chi connectivity index (χ1) is 18.8. The van der Waals surface area contributed by atoms with E-state index in [0.717, 1.165) is 11.4 Å². The number of Topliss-reactive ketones (excluding diaryl/α,β-unsaturated/α-hetero) is 1. The summed E-state index contributed by atoms with van der Waals surface area (Å²) >= 11 is 0. The Morgan fingerprint density at radius 1 is 1.05 bits per heavy atom. The number of fused-ring (bicyclic) bond motifs is 1. The molecule has 0 N–H and O–H groups in total. The Bertz CT molecular complexity index is 1410. The van der Waals surface area contributed by atoms with Gasteiger partial charge in [0.1, 0.15) is 6.61 Å². The van der Waals surface area contributed by atoms with E-state index in [9.17, 15) is 19.7 Å². The molecule has 0 spiro atoms. The van der Waals surface area contributed by atoms with Crippen LogP contribution in [-0.2, 0) is 16.0 Å². The molecule has 39 heavy (non-hydrogen) atoms. The summed E-state index contributed by atoms with van der Waals surface area (Å²) in [5, 5.41) is 11.3. The van der Waals surface area contributed by atoms with Gasteiger partial charge in [0.25, 0.3) is 5.69 Å². The van der Waals surface area contributed by atoms with Gasteiger partial charge in [-0.2, -0.15) is 0 Å². The van der Waals surface area contributed by atoms with Gasteiger partial charge in [-0.3, -0.25) is 14.9 Å². The van der Waals surface area contributed by atoms with E-state index >= 15 is 0 Å². The van der Waals surface area contributed by atoms with Crippen LogP contribution in [0.25, 0.3) is 0 Å². The molecule has 0 unspecified atom stereocenters. The number of para-hydroxylation sites is 2. The molecular formula is C28H29N3O8. The number of anilines is 1. The number of carbonyl (C=O) groups excluding carboxylic acids is 2. The molecule has 0 radical (unpaired) electrons. The molecule has 0 saturated carbocycles. The fraction of sp³-hybridized carbons (Fsp3) is 0.357. The highest BCUT2D eigenvalue weighted by atomic mass is 16.6. The van der Waals surface area contributed by atoms with E-state index in [1.165, 1.54) is 18.2 Å². The number of aryl methyl sites for hydroxylation is 1. The number of nitro groups is 1. The van der Waals surface area contributed by atoms with Crippen molar-refractivity contribution in [2.45, 2.75) is 26.5 Å². The lowest BCUT2D eigenvalue weighted by atomic mass is 10.1. The van der Waals surface area contributed by atoms with Crippen molar-refractivity contribution in [1.82, 2.24) is 4.57 Å². The fourth-order valence-corrected chi connectivity index (χ4v) is 4.89. The van der Waals surface area contributed by atoms with E-state index in [4.69, 9.17) is 18.9 Å². The molecule has 1 saturated heterocycles. The van der Waals surface area contributed by atoms with Crippen LogP contribution in [-0.4, -0.2) is 66.9 Å². The smallest absolute Gasteiger partial charge is 0.340 e. The predicted molar refractivity (Wildman–Crippen MR) is 141 cm³/mol. The first-order valence-electron chi connectivity index (χ1n) is 12.7. The number of aromatic nitrogens is 1. The number of nitrogens with zero attached hydrogens (tertiary/aromatic N) is 3. The molecule has 11 nitrogen and oxygen atoms in total. The zero-order chi connectivity index (χ0) is 27.5. The van der Waals surface area contributed by atoms with E-state index in [-0.39, 0.29) is 23.1 Å². The molecule has 0 aliphatic carbocycles. The van der Waals surface area contributed by atoms with Crippen LogP contribution >= 0.6 is 0 Å². The van der Waals surface area contributed by atoms with Crippen molar-refractivity contribution in [2.75, 3.05) is 44.4 Å². The van der Waals surface area contributed by atoms with Crippen molar-refractivity contribution < 1.29 is 33.5 Å². The summed E-state index contributed by atoms with van der Waals surface area (Å²) in [5.74, 6) is 0.214. The molecule has 204 valence electrons. The summed E-state index contributed by atoms with van der Waals surface area (Å²) in [7, 11) is 0. The van der Waals surface area contributed by atoms with Gasteiger partial charge < -0.3 is 28.4 Å². The van der Waals surface area contributed by atoms with Gasteiger partial charge in [0.05, 0.1) is 35.9 Å². The number of morpholine rings is 1. The number of benzene rings is 2. The highest BCUT2D eigenvalue weighted by molar-refractivity contribution is 6.02. The molecule has 1 aromatic heterocycles. The zero-order valence-electron chi connectivity index (χ0n) is 21.8. The van der Waals surface area contributed by atoms with Gasteiger partial charge in [-0.1, -0.05) is 12.1 Å².